The quantitative estimate of drug-likeness (QED) is 0.406. The lowest BCUT2D eigenvalue weighted by Crippen LogP contribution is -2.60. The number of fused-ring (bicyclic) bond motifs is 3. The van der Waals surface area contributed by atoms with Gasteiger partial charge in [-0.1, -0.05) is 24.3 Å². The molecule has 4 saturated carbocycles. The minimum Gasteiger partial charge on any atom is -0.354 e. The number of rotatable bonds is 5. The monoisotopic (exact) mass is 599 g/mol. The predicted molar refractivity (Wildman–Crippen MR) is 157 cm³/mol. The van der Waals surface area contributed by atoms with Crippen LogP contribution in [0.15, 0.2) is 36.9 Å². The van der Waals surface area contributed by atoms with Crippen LogP contribution in [0.2, 0.25) is 0 Å². The molecule has 2 saturated heterocycles. The van der Waals surface area contributed by atoms with Gasteiger partial charge in [0, 0.05) is 24.9 Å². The first kappa shape index (κ1) is 26.8. The number of imidazole rings is 1. The maximum atomic E-state index is 13.3. The molecule has 2 unspecified atom stereocenters. The second-order valence-electron chi connectivity index (χ2n) is 13.9. The summed E-state index contributed by atoms with van der Waals surface area (Å²) in [6.07, 6.45) is 8.57. The van der Waals surface area contributed by atoms with Crippen LogP contribution < -0.4 is 16.0 Å². The highest BCUT2D eigenvalue weighted by molar-refractivity contribution is 5.96. The Labute approximate surface area is 254 Å². The van der Waals surface area contributed by atoms with Crippen molar-refractivity contribution in [3.05, 3.63) is 48.0 Å². The van der Waals surface area contributed by atoms with Crippen molar-refractivity contribution in [2.45, 2.75) is 94.2 Å². The Morgan fingerprint density at radius 1 is 0.955 bits per heavy atom. The van der Waals surface area contributed by atoms with Gasteiger partial charge < -0.3 is 24.8 Å². The summed E-state index contributed by atoms with van der Waals surface area (Å²) in [7, 11) is 0. The summed E-state index contributed by atoms with van der Waals surface area (Å²) in [5.74, 6) is 1.39. The van der Waals surface area contributed by atoms with Gasteiger partial charge in [0.1, 0.15) is 18.5 Å². The minimum absolute atomic E-state index is 0.124. The van der Waals surface area contributed by atoms with E-state index in [0.717, 1.165) is 37.0 Å². The van der Waals surface area contributed by atoms with Crippen molar-refractivity contribution in [3.8, 4) is 0 Å². The lowest BCUT2D eigenvalue weighted by molar-refractivity contribution is -0.210. The van der Waals surface area contributed by atoms with Crippen LogP contribution in [0.5, 0.6) is 0 Å². The molecule has 4 heterocycles. The highest BCUT2D eigenvalue weighted by Crippen LogP contribution is 2.55. The number of hydrogen-bond acceptors (Lipinski definition) is 8. The first-order valence-electron chi connectivity index (χ1n) is 16.0. The zero-order valence-electron chi connectivity index (χ0n) is 24.7. The lowest BCUT2D eigenvalue weighted by atomic mass is 9.53. The summed E-state index contributed by atoms with van der Waals surface area (Å²) in [4.78, 5) is 40.0. The molecule has 230 valence electrons. The fourth-order valence-corrected chi connectivity index (χ4v) is 9.61. The molecule has 10 rings (SSSR count). The van der Waals surface area contributed by atoms with Crippen LogP contribution in [0.25, 0.3) is 11.2 Å². The van der Waals surface area contributed by atoms with E-state index in [9.17, 15) is 9.59 Å². The van der Waals surface area contributed by atoms with E-state index in [-0.39, 0.29) is 17.5 Å². The molecule has 44 heavy (non-hydrogen) atoms. The molecule has 4 bridgehead atoms. The third-order valence-electron chi connectivity index (χ3n) is 10.8. The molecule has 4 atom stereocenters. The van der Waals surface area contributed by atoms with E-state index in [1.54, 1.807) is 10.9 Å². The van der Waals surface area contributed by atoms with Crippen LogP contribution in [-0.2, 0) is 31.8 Å². The Morgan fingerprint density at radius 3 is 2.32 bits per heavy atom. The van der Waals surface area contributed by atoms with Gasteiger partial charge in [-0.3, -0.25) is 14.7 Å². The van der Waals surface area contributed by atoms with Crippen LogP contribution in [0.1, 0.15) is 62.8 Å². The van der Waals surface area contributed by atoms with Gasteiger partial charge in [-0.25, -0.2) is 19.7 Å². The molecule has 3 aromatic rings. The number of benzene rings is 1. The van der Waals surface area contributed by atoms with E-state index in [2.05, 4.69) is 43.0 Å². The van der Waals surface area contributed by atoms with E-state index >= 15 is 0 Å². The van der Waals surface area contributed by atoms with Gasteiger partial charge in [0.25, 0.3) is 5.91 Å². The van der Waals surface area contributed by atoms with Crippen molar-refractivity contribution in [2.75, 3.05) is 11.9 Å². The smallest absolute Gasteiger partial charge is 0.320 e. The first-order valence-corrected chi connectivity index (χ1v) is 16.0. The molecule has 12 nitrogen and oxygen atoms in total. The van der Waals surface area contributed by atoms with Gasteiger partial charge in [0.15, 0.2) is 35.1 Å². The number of nitrogens with zero attached hydrogens (tertiary/aromatic N) is 4. The Bertz CT molecular complexity index is 1600. The number of carbonyl (C=O) groups excluding carboxylic acids is 2. The van der Waals surface area contributed by atoms with E-state index in [4.69, 9.17) is 14.2 Å². The summed E-state index contributed by atoms with van der Waals surface area (Å²) in [5.41, 5.74) is 3.16. The third kappa shape index (κ3) is 4.17. The number of nitrogens with one attached hydrogen (secondary N) is 3. The molecule has 6 fully saturated rings. The van der Waals surface area contributed by atoms with Gasteiger partial charge >= 0.3 is 6.03 Å². The van der Waals surface area contributed by atoms with Gasteiger partial charge in [0.2, 0.25) is 0 Å². The SMILES string of the molecule is CCNC(=O)[C@H]1O[C@@H](n2cnc3c(NC(=O)NC45CC6CC(CC(C6)C4)C5)ncnc32)C2OC3(Cc4ccccc4C3)OC21. The number of amides is 3. The molecule has 1 spiro atoms. The number of aromatic nitrogens is 4. The van der Waals surface area contributed by atoms with Crippen molar-refractivity contribution in [2.24, 2.45) is 17.8 Å². The van der Waals surface area contributed by atoms with Crippen molar-refractivity contribution >= 4 is 28.9 Å². The first-order chi connectivity index (χ1) is 21.4. The highest BCUT2D eigenvalue weighted by atomic mass is 16.8. The van der Waals surface area contributed by atoms with Gasteiger partial charge in [-0.15, -0.1) is 0 Å². The van der Waals surface area contributed by atoms with E-state index in [1.165, 1.54) is 36.7 Å². The molecule has 2 aliphatic heterocycles. The Hall–Kier alpha value is -3.61. The summed E-state index contributed by atoms with van der Waals surface area (Å²) < 4.78 is 21.4. The normalized spacial score (nSPS) is 35.6. The maximum absolute atomic E-state index is 13.3. The molecule has 5 aliphatic carbocycles. The molecule has 7 aliphatic rings. The molecule has 0 radical (unpaired) electrons. The fraction of sp³-hybridized carbons (Fsp3) is 0.594. The largest absolute Gasteiger partial charge is 0.354 e. The van der Waals surface area contributed by atoms with Crippen molar-refractivity contribution in [3.63, 3.8) is 0 Å². The number of carbonyl (C=O) groups is 2. The van der Waals surface area contributed by atoms with Crippen molar-refractivity contribution in [1.82, 2.24) is 30.2 Å². The molecule has 3 amide bonds. The van der Waals surface area contributed by atoms with Gasteiger partial charge in [-0.2, -0.15) is 0 Å². The van der Waals surface area contributed by atoms with Crippen LogP contribution in [0.3, 0.4) is 0 Å². The summed E-state index contributed by atoms with van der Waals surface area (Å²) in [6.45, 7) is 2.34. The summed E-state index contributed by atoms with van der Waals surface area (Å²) in [5, 5.41) is 9.19. The second-order valence-corrected chi connectivity index (χ2v) is 13.9. The Morgan fingerprint density at radius 2 is 1.64 bits per heavy atom. The molecular formula is C32H37N7O5. The molecular weight excluding hydrogens is 562 g/mol. The standard InChI is InChI=1S/C32H37N7O5/c1-2-33-28(40)24-23-25(44-32(43-23)13-20-5-3-4-6-21(20)14-32)29(42-24)39-16-36-22-26(34-15-35-27(22)39)37-30(41)38-31-10-17-7-18(11-31)9-19(8-17)12-31/h3-6,15-19,23-25,29H,2,7-14H2,1H3,(H,33,40)(H2,34,35,37,38,41)/t17?,18?,19?,23?,24-,25?,29+,31?/m0/s1. The zero-order valence-corrected chi connectivity index (χ0v) is 24.7. The summed E-state index contributed by atoms with van der Waals surface area (Å²) >= 11 is 0. The van der Waals surface area contributed by atoms with Gasteiger partial charge in [-0.05, 0) is 74.3 Å². The van der Waals surface area contributed by atoms with E-state index < -0.39 is 30.3 Å². The average Bonchev–Trinajstić information content (AvgIpc) is 3.73. The number of anilines is 1. The van der Waals surface area contributed by atoms with Crippen LogP contribution >= 0.6 is 0 Å². The van der Waals surface area contributed by atoms with E-state index in [0.29, 0.717) is 36.4 Å². The Balaban J connectivity index is 0.984. The Kier molecular flexibility index (Phi) is 5.90. The number of ether oxygens (including phenoxy) is 3. The molecule has 1 aromatic carbocycles. The fourth-order valence-electron chi connectivity index (χ4n) is 9.61. The molecule has 12 heteroatoms. The average molecular weight is 600 g/mol. The molecule has 3 N–H and O–H groups in total. The van der Waals surface area contributed by atoms with Crippen LogP contribution in [0.4, 0.5) is 10.6 Å². The van der Waals surface area contributed by atoms with Crippen molar-refractivity contribution < 1.29 is 23.8 Å². The third-order valence-corrected chi connectivity index (χ3v) is 10.8. The van der Waals surface area contributed by atoms with Crippen LogP contribution in [-0.4, -0.2) is 67.6 Å². The number of urea groups is 1. The highest BCUT2D eigenvalue weighted by Gasteiger charge is 2.62. The zero-order chi connectivity index (χ0) is 29.6. The number of likely N-dealkylation sites (N-methyl/N-ethyl adjacent to an activating group) is 1. The number of hydrogen-bond donors (Lipinski definition) is 3. The van der Waals surface area contributed by atoms with E-state index in [1.807, 2.05) is 19.1 Å². The molecule has 2 aromatic heterocycles. The van der Waals surface area contributed by atoms with Crippen molar-refractivity contribution in [1.29, 1.82) is 0 Å². The summed E-state index contributed by atoms with van der Waals surface area (Å²) in [6, 6.07) is 7.96. The van der Waals surface area contributed by atoms with Crippen LogP contribution in [0, 0.1) is 17.8 Å². The lowest BCUT2D eigenvalue weighted by Gasteiger charge is -2.56. The second kappa shape index (κ2) is 9.69. The topological polar surface area (TPSA) is 142 Å². The van der Waals surface area contributed by atoms with Gasteiger partial charge in [0.05, 0.1) is 6.33 Å². The predicted octanol–water partition coefficient (Wildman–Crippen LogP) is 3.23. The maximum Gasteiger partial charge on any atom is 0.320 e. The minimum atomic E-state index is -0.865.